The summed E-state index contributed by atoms with van der Waals surface area (Å²) in [5.74, 6) is 1.88. The summed E-state index contributed by atoms with van der Waals surface area (Å²) in [5, 5.41) is 0. The molecule has 0 radical (unpaired) electrons. The van der Waals surface area contributed by atoms with Crippen molar-refractivity contribution in [1.29, 1.82) is 0 Å². The second kappa shape index (κ2) is 8.14. The highest BCUT2D eigenvalue weighted by atomic mass is 32.2. The van der Waals surface area contributed by atoms with Gasteiger partial charge in [0, 0.05) is 38.8 Å². The maximum Gasteiger partial charge on any atom is 0.213 e. The molecule has 6 nitrogen and oxygen atoms in total. The maximum atomic E-state index is 12.1. The zero-order chi connectivity index (χ0) is 18.6. The molecule has 7 heteroatoms. The van der Waals surface area contributed by atoms with Crippen LogP contribution < -0.4 is 4.90 Å². The first-order chi connectivity index (χ1) is 12.5. The van der Waals surface area contributed by atoms with Gasteiger partial charge in [0.1, 0.15) is 11.6 Å². The van der Waals surface area contributed by atoms with Gasteiger partial charge in [0.2, 0.25) is 10.0 Å². The first-order valence-electron chi connectivity index (χ1n) is 9.06. The van der Waals surface area contributed by atoms with Crippen molar-refractivity contribution in [3.8, 4) is 0 Å². The lowest BCUT2D eigenvalue weighted by atomic mass is 10.1. The number of rotatable bonds is 6. The van der Waals surface area contributed by atoms with E-state index in [1.54, 1.807) is 24.5 Å². The van der Waals surface area contributed by atoms with Gasteiger partial charge in [-0.3, -0.25) is 0 Å². The third-order valence-corrected chi connectivity index (χ3v) is 6.91. The fraction of sp³-hybridized carbons (Fsp3) is 0.474. The highest BCUT2D eigenvalue weighted by Gasteiger charge is 2.29. The standard InChI is InChI=1S/C19H26N4O2S/c1-3-26(24,25)22(2)17-10-13-23(14-11-17)19-9-12-20-18(21-19)15-16-7-5-4-6-8-16/h4-9,12,17H,3,10-11,13-15H2,1-2H3. The summed E-state index contributed by atoms with van der Waals surface area (Å²) in [6, 6.07) is 12.2. The first kappa shape index (κ1) is 18.8. The zero-order valence-corrected chi connectivity index (χ0v) is 16.2. The monoisotopic (exact) mass is 374 g/mol. The van der Waals surface area contributed by atoms with Crippen molar-refractivity contribution in [2.24, 2.45) is 0 Å². The van der Waals surface area contributed by atoms with E-state index in [4.69, 9.17) is 4.98 Å². The predicted molar refractivity (Wildman–Crippen MR) is 104 cm³/mol. The molecule has 26 heavy (non-hydrogen) atoms. The van der Waals surface area contributed by atoms with Gasteiger partial charge in [-0.2, -0.15) is 0 Å². The maximum absolute atomic E-state index is 12.1. The van der Waals surface area contributed by atoms with Crippen molar-refractivity contribution < 1.29 is 8.42 Å². The van der Waals surface area contributed by atoms with Crippen molar-refractivity contribution in [1.82, 2.24) is 14.3 Å². The van der Waals surface area contributed by atoms with E-state index in [1.807, 2.05) is 24.3 Å². The van der Waals surface area contributed by atoms with Crippen LogP contribution in [0.25, 0.3) is 0 Å². The van der Waals surface area contributed by atoms with E-state index in [1.165, 1.54) is 5.56 Å². The van der Waals surface area contributed by atoms with Crippen LogP contribution in [0.3, 0.4) is 0 Å². The summed E-state index contributed by atoms with van der Waals surface area (Å²) in [4.78, 5) is 11.3. The molecule has 0 unspecified atom stereocenters. The molecule has 0 N–H and O–H groups in total. The molecule has 1 aromatic heterocycles. The molecule has 0 aliphatic carbocycles. The SMILES string of the molecule is CCS(=O)(=O)N(C)C1CCN(c2ccnc(Cc3ccccc3)n2)CC1. The van der Waals surface area contributed by atoms with Crippen LogP contribution in [0.4, 0.5) is 5.82 Å². The lowest BCUT2D eigenvalue weighted by molar-refractivity contribution is 0.312. The lowest BCUT2D eigenvalue weighted by Gasteiger charge is -2.36. The van der Waals surface area contributed by atoms with Gasteiger partial charge in [-0.15, -0.1) is 0 Å². The van der Waals surface area contributed by atoms with E-state index in [9.17, 15) is 8.42 Å². The third-order valence-electron chi connectivity index (χ3n) is 5.00. The number of hydrogen-bond acceptors (Lipinski definition) is 5. The Morgan fingerprint density at radius 2 is 1.85 bits per heavy atom. The zero-order valence-electron chi connectivity index (χ0n) is 15.4. The molecule has 1 aliphatic heterocycles. The van der Waals surface area contributed by atoms with Crippen molar-refractivity contribution in [2.75, 3.05) is 30.8 Å². The van der Waals surface area contributed by atoms with Gasteiger partial charge in [-0.25, -0.2) is 22.7 Å². The Bertz CT molecular complexity index is 818. The summed E-state index contributed by atoms with van der Waals surface area (Å²) < 4.78 is 25.7. The molecule has 0 spiro atoms. The number of aromatic nitrogens is 2. The molecule has 0 saturated carbocycles. The van der Waals surface area contributed by atoms with Crippen LogP contribution in [0.1, 0.15) is 31.2 Å². The summed E-state index contributed by atoms with van der Waals surface area (Å²) in [5.41, 5.74) is 1.19. The number of anilines is 1. The van der Waals surface area contributed by atoms with Crippen molar-refractivity contribution in [3.63, 3.8) is 0 Å². The van der Waals surface area contributed by atoms with E-state index in [0.29, 0.717) is 6.42 Å². The Hall–Kier alpha value is -1.99. The molecule has 1 aromatic carbocycles. The molecule has 1 saturated heterocycles. The Morgan fingerprint density at radius 3 is 2.50 bits per heavy atom. The number of nitrogens with zero attached hydrogens (tertiary/aromatic N) is 4. The lowest BCUT2D eigenvalue weighted by Crippen LogP contribution is -2.46. The first-order valence-corrected chi connectivity index (χ1v) is 10.7. The van der Waals surface area contributed by atoms with E-state index in [-0.39, 0.29) is 11.8 Å². The normalized spacial score (nSPS) is 16.2. The third kappa shape index (κ3) is 4.40. The van der Waals surface area contributed by atoms with E-state index < -0.39 is 10.0 Å². The Kier molecular flexibility index (Phi) is 5.88. The summed E-state index contributed by atoms with van der Waals surface area (Å²) in [6.45, 7) is 3.29. The highest BCUT2D eigenvalue weighted by Crippen LogP contribution is 2.22. The molecule has 2 aromatic rings. The molecule has 0 amide bonds. The summed E-state index contributed by atoms with van der Waals surface area (Å²) >= 11 is 0. The molecular weight excluding hydrogens is 348 g/mol. The second-order valence-corrected chi connectivity index (χ2v) is 8.95. The topological polar surface area (TPSA) is 66.4 Å². The molecule has 2 heterocycles. The summed E-state index contributed by atoms with van der Waals surface area (Å²) in [6.07, 6.45) is 4.14. The number of hydrogen-bond donors (Lipinski definition) is 0. The van der Waals surface area contributed by atoms with Crippen molar-refractivity contribution >= 4 is 15.8 Å². The van der Waals surface area contributed by atoms with Gasteiger partial charge < -0.3 is 4.90 Å². The van der Waals surface area contributed by atoms with E-state index in [0.717, 1.165) is 37.6 Å². The van der Waals surface area contributed by atoms with Gasteiger partial charge in [-0.05, 0) is 31.4 Å². The van der Waals surface area contributed by atoms with Crippen molar-refractivity contribution in [3.05, 3.63) is 54.0 Å². The Balaban J connectivity index is 1.64. The minimum Gasteiger partial charge on any atom is -0.356 e. The van der Waals surface area contributed by atoms with Crippen LogP contribution in [-0.2, 0) is 16.4 Å². The smallest absolute Gasteiger partial charge is 0.213 e. The van der Waals surface area contributed by atoms with Crippen LogP contribution >= 0.6 is 0 Å². The highest BCUT2D eigenvalue weighted by molar-refractivity contribution is 7.89. The molecule has 0 atom stereocenters. The number of piperidine rings is 1. The largest absolute Gasteiger partial charge is 0.356 e. The van der Waals surface area contributed by atoms with Crippen LogP contribution in [0, 0.1) is 0 Å². The fourth-order valence-corrected chi connectivity index (χ4v) is 4.39. The minimum atomic E-state index is -3.13. The van der Waals surface area contributed by atoms with Crippen LogP contribution in [0.2, 0.25) is 0 Å². The van der Waals surface area contributed by atoms with Crippen LogP contribution in [0.5, 0.6) is 0 Å². The number of benzene rings is 1. The summed E-state index contributed by atoms with van der Waals surface area (Å²) in [7, 11) is -1.44. The average molecular weight is 375 g/mol. The molecule has 1 fully saturated rings. The van der Waals surface area contributed by atoms with Gasteiger partial charge in [0.25, 0.3) is 0 Å². The number of sulfonamides is 1. The van der Waals surface area contributed by atoms with Crippen molar-refractivity contribution in [2.45, 2.75) is 32.2 Å². The Labute approximate surface area is 155 Å². The molecule has 0 bridgehead atoms. The quantitative estimate of drug-likeness (QED) is 0.776. The predicted octanol–water partition coefficient (Wildman–Crippen LogP) is 2.32. The van der Waals surface area contributed by atoms with E-state index >= 15 is 0 Å². The van der Waals surface area contributed by atoms with Crippen LogP contribution in [-0.4, -0.2) is 54.6 Å². The van der Waals surface area contributed by atoms with Gasteiger partial charge in [0.05, 0.1) is 5.75 Å². The Morgan fingerprint density at radius 1 is 1.15 bits per heavy atom. The van der Waals surface area contributed by atoms with Gasteiger partial charge >= 0.3 is 0 Å². The minimum absolute atomic E-state index is 0.0711. The molecule has 1 aliphatic rings. The van der Waals surface area contributed by atoms with E-state index in [2.05, 4.69) is 22.0 Å². The average Bonchev–Trinajstić information content (AvgIpc) is 2.68. The molecule has 140 valence electrons. The van der Waals surface area contributed by atoms with Gasteiger partial charge in [0.15, 0.2) is 0 Å². The van der Waals surface area contributed by atoms with Crippen LogP contribution in [0.15, 0.2) is 42.6 Å². The second-order valence-electron chi connectivity index (χ2n) is 6.63. The van der Waals surface area contributed by atoms with Gasteiger partial charge in [-0.1, -0.05) is 30.3 Å². The molecular formula is C19H26N4O2S. The molecule has 3 rings (SSSR count). The fourth-order valence-electron chi connectivity index (χ4n) is 3.32.